The van der Waals surface area contributed by atoms with Crippen LogP contribution in [0, 0.1) is 6.07 Å². The van der Waals surface area contributed by atoms with Gasteiger partial charge in [0.15, 0.2) is 0 Å². The lowest BCUT2D eigenvalue weighted by Gasteiger charge is -2.05. The highest BCUT2D eigenvalue weighted by molar-refractivity contribution is 5.26. The number of hydrogen-bond donors (Lipinski definition) is 2. The average molecular weight is 181 g/mol. The number of rotatable bonds is 5. The van der Waals surface area contributed by atoms with Gasteiger partial charge in [0.05, 0.1) is 13.2 Å². The van der Waals surface area contributed by atoms with Crippen LogP contribution in [-0.4, -0.2) is 23.4 Å². The van der Waals surface area contributed by atoms with Gasteiger partial charge in [-0.25, -0.2) is 0 Å². The van der Waals surface area contributed by atoms with E-state index in [9.17, 15) is 0 Å². The van der Waals surface area contributed by atoms with Gasteiger partial charge in [0.1, 0.15) is 5.75 Å². The van der Waals surface area contributed by atoms with Crippen LogP contribution < -0.4 is 4.74 Å². The SMILES string of the molecule is OCCCOc1cc[c]c(CO)c1. The Hall–Kier alpha value is -1.06. The lowest BCUT2D eigenvalue weighted by Crippen LogP contribution is -1.99. The molecule has 0 spiro atoms. The Bertz CT molecular complexity index is 248. The van der Waals surface area contributed by atoms with E-state index >= 15 is 0 Å². The third kappa shape index (κ3) is 3.44. The third-order valence-electron chi connectivity index (χ3n) is 1.57. The fourth-order valence-corrected chi connectivity index (χ4v) is 0.928. The van der Waals surface area contributed by atoms with Gasteiger partial charge in [0.2, 0.25) is 0 Å². The molecule has 3 heteroatoms. The molecule has 0 aliphatic rings. The molecule has 0 amide bonds. The van der Waals surface area contributed by atoms with Crippen molar-refractivity contribution >= 4 is 0 Å². The molecule has 13 heavy (non-hydrogen) atoms. The minimum Gasteiger partial charge on any atom is -0.493 e. The van der Waals surface area contributed by atoms with Gasteiger partial charge in [-0.2, -0.15) is 0 Å². The summed E-state index contributed by atoms with van der Waals surface area (Å²) in [5.41, 5.74) is 0.710. The van der Waals surface area contributed by atoms with E-state index in [2.05, 4.69) is 6.07 Å². The minimum atomic E-state index is -0.0306. The van der Waals surface area contributed by atoms with Crippen LogP contribution in [0.4, 0.5) is 0 Å². The molecule has 0 saturated carbocycles. The largest absolute Gasteiger partial charge is 0.493 e. The highest BCUT2D eigenvalue weighted by Crippen LogP contribution is 2.12. The summed E-state index contributed by atoms with van der Waals surface area (Å²) in [7, 11) is 0. The Kier molecular flexibility index (Phi) is 4.29. The summed E-state index contributed by atoms with van der Waals surface area (Å²) in [6.45, 7) is 0.592. The Balaban J connectivity index is 2.46. The topological polar surface area (TPSA) is 49.7 Å². The molecule has 0 aromatic heterocycles. The summed E-state index contributed by atoms with van der Waals surface area (Å²) in [5, 5.41) is 17.3. The fourth-order valence-electron chi connectivity index (χ4n) is 0.928. The molecule has 0 heterocycles. The van der Waals surface area contributed by atoms with Crippen molar-refractivity contribution in [1.82, 2.24) is 0 Å². The Labute approximate surface area is 77.6 Å². The lowest BCUT2D eigenvalue weighted by molar-refractivity contribution is 0.232. The molecule has 0 saturated heterocycles. The predicted molar refractivity (Wildman–Crippen MR) is 48.4 cm³/mol. The normalized spacial score (nSPS) is 10.0. The maximum atomic E-state index is 8.81. The molecule has 3 nitrogen and oxygen atoms in total. The highest BCUT2D eigenvalue weighted by atomic mass is 16.5. The first-order valence-electron chi connectivity index (χ1n) is 4.22. The monoisotopic (exact) mass is 181 g/mol. The van der Waals surface area contributed by atoms with Gasteiger partial charge < -0.3 is 14.9 Å². The second-order valence-electron chi connectivity index (χ2n) is 2.63. The number of hydrogen-bond acceptors (Lipinski definition) is 3. The van der Waals surface area contributed by atoms with E-state index in [4.69, 9.17) is 14.9 Å². The van der Waals surface area contributed by atoms with Crippen LogP contribution >= 0.6 is 0 Å². The van der Waals surface area contributed by atoms with Gasteiger partial charge >= 0.3 is 0 Å². The van der Waals surface area contributed by atoms with E-state index < -0.39 is 0 Å². The zero-order valence-electron chi connectivity index (χ0n) is 7.36. The molecule has 1 aromatic rings. The third-order valence-corrected chi connectivity index (χ3v) is 1.57. The average Bonchev–Trinajstić information content (AvgIpc) is 2.19. The zero-order valence-corrected chi connectivity index (χ0v) is 7.36. The van der Waals surface area contributed by atoms with Gasteiger partial charge in [-0.3, -0.25) is 0 Å². The van der Waals surface area contributed by atoms with Crippen molar-refractivity contribution in [2.24, 2.45) is 0 Å². The van der Waals surface area contributed by atoms with Crippen LogP contribution in [0.1, 0.15) is 12.0 Å². The smallest absolute Gasteiger partial charge is 0.119 e. The molecule has 0 bridgehead atoms. The van der Waals surface area contributed by atoms with Crippen molar-refractivity contribution in [2.45, 2.75) is 13.0 Å². The van der Waals surface area contributed by atoms with Crippen molar-refractivity contribution < 1.29 is 14.9 Å². The van der Waals surface area contributed by atoms with Gasteiger partial charge in [-0.1, -0.05) is 6.07 Å². The highest BCUT2D eigenvalue weighted by Gasteiger charge is 1.95. The molecule has 0 fully saturated rings. The van der Waals surface area contributed by atoms with Crippen LogP contribution in [0.3, 0.4) is 0 Å². The first-order chi connectivity index (χ1) is 6.36. The first kappa shape index (κ1) is 10.0. The molecule has 0 unspecified atom stereocenters. The van der Waals surface area contributed by atoms with E-state index in [-0.39, 0.29) is 13.2 Å². The molecule has 0 atom stereocenters. The Morgan fingerprint density at radius 2 is 2.23 bits per heavy atom. The molecule has 0 aliphatic heterocycles. The van der Waals surface area contributed by atoms with Crippen LogP contribution in [0.5, 0.6) is 5.75 Å². The fraction of sp³-hybridized carbons (Fsp3) is 0.400. The van der Waals surface area contributed by atoms with E-state index in [0.29, 0.717) is 24.3 Å². The van der Waals surface area contributed by atoms with Gasteiger partial charge in [0, 0.05) is 13.0 Å². The molecular formula is C10H13O3. The summed E-state index contributed by atoms with van der Waals surface area (Å²) in [6.07, 6.45) is 0.618. The molecule has 0 aliphatic carbocycles. The molecule has 1 aromatic carbocycles. The van der Waals surface area contributed by atoms with Gasteiger partial charge in [0.25, 0.3) is 0 Å². The Morgan fingerprint density at radius 1 is 1.38 bits per heavy atom. The summed E-state index contributed by atoms with van der Waals surface area (Å²) in [4.78, 5) is 0. The standard InChI is InChI=1S/C10H13O3/c11-5-2-6-13-10-4-1-3-9(7-10)8-12/h1,4,7,11-12H,2,5-6,8H2. The van der Waals surface area contributed by atoms with E-state index in [1.807, 2.05) is 0 Å². The maximum absolute atomic E-state index is 8.81. The first-order valence-corrected chi connectivity index (χ1v) is 4.22. The summed E-state index contributed by atoms with van der Waals surface area (Å²) >= 11 is 0. The predicted octanol–water partition coefficient (Wildman–Crippen LogP) is 0.740. The number of ether oxygens (including phenoxy) is 1. The van der Waals surface area contributed by atoms with Crippen molar-refractivity contribution in [1.29, 1.82) is 0 Å². The van der Waals surface area contributed by atoms with Crippen LogP contribution in [0.15, 0.2) is 18.2 Å². The number of benzene rings is 1. The summed E-state index contributed by atoms with van der Waals surface area (Å²) in [6, 6.07) is 8.09. The molecular weight excluding hydrogens is 168 g/mol. The van der Waals surface area contributed by atoms with Crippen molar-refractivity contribution in [2.75, 3.05) is 13.2 Å². The molecule has 2 N–H and O–H groups in total. The van der Waals surface area contributed by atoms with E-state index in [0.717, 1.165) is 0 Å². The van der Waals surface area contributed by atoms with E-state index in [1.54, 1.807) is 18.2 Å². The molecule has 1 radical (unpaired) electrons. The van der Waals surface area contributed by atoms with E-state index in [1.165, 1.54) is 0 Å². The van der Waals surface area contributed by atoms with Crippen molar-refractivity contribution in [3.05, 3.63) is 29.8 Å². The molecule has 71 valence electrons. The second kappa shape index (κ2) is 5.56. The van der Waals surface area contributed by atoms with Crippen molar-refractivity contribution in [3.63, 3.8) is 0 Å². The number of aliphatic hydroxyl groups is 2. The quantitative estimate of drug-likeness (QED) is 0.659. The second-order valence-corrected chi connectivity index (χ2v) is 2.63. The van der Waals surface area contributed by atoms with Crippen LogP contribution in [0.2, 0.25) is 0 Å². The summed E-state index contributed by atoms with van der Waals surface area (Å²) < 4.78 is 5.30. The lowest BCUT2D eigenvalue weighted by atomic mass is 10.2. The van der Waals surface area contributed by atoms with Gasteiger partial charge in [-0.15, -0.1) is 0 Å². The maximum Gasteiger partial charge on any atom is 0.119 e. The number of aliphatic hydroxyl groups excluding tert-OH is 2. The zero-order chi connectivity index (χ0) is 9.52. The van der Waals surface area contributed by atoms with Crippen molar-refractivity contribution in [3.8, 4) is 5.75 Å². The Morgan fingerprint density at radius 3 is 2.92 bits per heavy atom. The van der Waals surface area contributed by atoms with Gasteiger partial charge in [-0.05, 0) is 23.8 Å². The minimum absolute atomic E-state index is 0.0306. The summed E-state index contributed by atoms with van der Waals surface area (Å²) in [5.74, 6) is 0.705. The molecule has 1 rings (SSSR count). The van der Waals surface area contributed by atoms with Crippen LogP contribution in [-0.2, 0) is 6.61 Å². The van der Waals surface area contributed by atoms with Crippen LogP contribution in [0.25, 0.3) is 0 Å².